The SMILES string of the molecule is Fc1ccc(Br)c(Oc2nnnn2-c2ccccc2)c1. The summed E-state index contributed by atoms with van der Waals surface area (Å²) in [6, 6.07) is 13.6. The molecule has 3 aromatic rings. The lowest BCUT2D eigenvalue weighted by Gasteiger charge is -2.07. The molecule has 0 aliphatic carbocycles. The normalized spacial score (nSPS) is 10.5. The van der Waals surface area contributed by atoms with Crippen molar-refractivity contribution in [2.24, 2.45) is 0 Å². The Morgan fingerprint density at radius 1 is 1.10 bits per heavy atom. The Morgan fingerprint density at radius 2 is 1.90 bits per heavy atom. The van der Waals surface area contributed by atoms with Crippen LogP contribution >= 0.6 is 15.9 Å². The summed E-state index contributed by atoms with van der Waals surface area (Å²) < 4.78 is 20.8. The fourth-order valence-corrected chi connectivity index (χ4v) is 1.96. The van der Waals surface area contributed by atoms with E-state index in [9.17, 15) is 4.39 Å². The first kappa shape index (κ1) is 12.7. The molecule has 1 aromatic heterocycles. The average Bonchev–Trinajstić information content (AvgIpc) is 2.92. The van der Waals surface area contributed by atoms with Crippen LogP contribution in [0.15, 0.2) is 53.0 Å². The zero-order valence-corrected chi connectivity index (χ0v) is 11.7. The van der Waals surface area contributed by atoms with Crippen LogP contribution in [0.1, 0.15) is 0 Å². The van der Waals surface area contributed by atoms with Gasteiger partial charge in [-0.2, -0.15) is 4.68 Å². The van der Waals surface area contributed by atoms with E-state index in [0.717, 1.165) is 5.69 Å². The molecule has 0 amide bonds. The van der Waals surface area contributed by atoms with Crippen LogP contribution in [-0.2, 0) is 0 Å². The molecule has 0 aliphatic heterocycles. The molecule has 0 saturated carbocycles. The molecule has 3 rings (SSSR count). The van der Waals surface area contributed by atoms with Crippen molar-refractivity contribution in [1.82, 2.24) is 20.2 Å². The van der Waals surface area contributed by atoms with Gasteiger partial charge in [0.2, 0.25) is 0 Å². The number of para-hydroxylation sites is 1. The highest BCUT2D eigenvalue weighted by molar-refractivity contribution is 9.10. The van der Waals surface area contributed by atoms with E-state index in [1.54, 1.807) is 6.07 Å². The highest BCUT2D eigenvalue weighted by atomic mass is 79.9. The zero-order valence-electron chi connectivity index (χ0n) is 10.1. The maximum atomic E-state index is 13.2. The van der Waals surface area contributed by atoms with Gasteiger partial charge in [-0.3, -0.25) is 0 Å². The van der Waals surface area contributed by atoms with E-state index in [4.69, 9.17) is 4.74 Å². The number of ether oxygens (including phenoxy) is 1. The number of tetrazole rings is 1. The third kappa shape index (κ3) is 2.53. The number of rotatable bonds is 3. The van der Waals surface area contributed by atoms with Crippen molar-refractivity contribution < 1.29 is 9.13 Å². The van der Waals surface area contributed by atoms with E-state index in [0.29, 0.717) is 10.2 Å². The topological polar surface area (TPSA) is 52.8 Å². The molecule has 0 aliphatic rings. The second kappa shape index (κ2) is 5.38. The Bertz CT molecular complexity index is 732. The predicted octanol–water partition coefficient (Wildman–Crippen LogP) is 3.36. The molecule has 20 heavy (non-hydrogen) atoms. The van der Waals surface area contributed by atoms with E-state index < -0.39 is 5.82 Å². The van der Waals surface area contributed by atoms with Crippen LogP contribution in [0.4, 0.5) is 4.39 Å². The van der Waals surface area contributed by atoms with Crippen molar-refractivity contribution in [2.45, 2.75) is 0 Å². The molecular weight excluding hydrogens is 327 g/mol. The number of nitrogens with zero attached hydrogens (tertiary/aromatic N) is 4. The van der Waals surface area contributed by atoms with Gasteiger partial charge in [-0.05, 0) is 50.6 Å². The fraction of sp³-hybridized carbons (Fsp3) is 0. The standard InChI is InChI=1S/C13H8BrFN4O/c14-11-7-6-9(15)8-12(11)20-13-16-17-18-19(13)10-4-2-1-3-5-10/h1-8H. The van der Waals surface area contributed by atoms with E-state index in [1.165, 1.54) is 16.8 Å². The van der Waals surface area contributed by atoms with E-state index in [-0.39, 0.29) is 6.01 Å². The first-order chi connectivity index (χ1) is 9.74. The van der Waals surface area contributed by atoms with Crippen LogP contribution in [-0.4, -0.2) is 20.2 Å². The lowest BCUT2D eigenvalue weighted by Crippen LogP contribution is -2.00. The lowest BCUT2D eigenvalue weighted by atomic mass is 10.3. The summed E-state index contributed by atoms with van der Waals surface area (Å²) in [6.07, 6.45) is 0. The molecule has 0 saturated heterocycles. The van der Waals surface area contributed by atoms with Crippen molar-refractivity contribution in [3.63, 3.8) is 0 Å². The maximum Gasteiger partial charge on any atom is 0.345 e. The molecule has 0 atom stereocenters. The van der Waals surface area contributed by atoms with Gasteiger partial charge in [-0.15, -0.1) is 0 Å². The van der Waals surface area contributed by atoms with Crippen LogP contribution in [0.25, 0.3) is 5.69 Å². The van der Waals surface area contributed by atoms with E-state index in [1.807, 2.05) is 30.3 Å². The van der Waals surface area contributed by atoms with Crippen molar-refractivity contribution in [2.75, 3.05) is 0 Å². The van der Waals surface area contributed by atoms with Crippen molar-refractivity contribution in [3.05, 3.63) is 58.8 Å². The first-order valence-corrected chi connectivity index (χ1v) is 6.50. The third-order valence-corrected chi connectivity index (χ3v) is 3.19. The second-order valence-electron chi connectivity index (χ2n) is 3.89. The quantitative estimate of drug-likeness (QED) is 0.737. The largest absolute Gasteiger partial charge is 0.422 e. The molecule has 0 fully saturated rings. The van der Waals surface area contributed by atoms with Gasteiger partial charge in [0.15, 0.2) is 0 Å². The number of hydrogen-bond acceptors (Lipinski definition) is 4. The van der Waals surface area contributed by atoms with Gasteiger partial charge in [-0.1, -0.05) is 23.3 Å². The molecule has 100 valence electrons. The van der Waals surface area contributed by atoms with Crippen LogP contribution in [0.5, 0.6) is 11.8 Å². The summed E-state index contributed by atoms with van der Waals surface area (Å²) in [5, 5.41) is 11.2. The monoisotopic (exact) mass is 334 g/mol. The molecule has 0 spiro atoms. The Balaban J connectivity index is 1.97. The van der Waals surface area contributed by atoms with Gasteiger partial charge in [0.1, 0.15) is 11.6 Å². The Morgan fingerprint density at radius 3 is 2.70 bits per heavy atom. The van der Waals surface area contributed by atoms with E-state index in [2.05, 4.69) is 31.5 Å². The van der Waals surface area contributed by atoms with Gasteiger partial charge in [0.05, 0.1) is 10.2 Å². The second-order valence-corrected chi connectivity index (χ2v) is 4.74. The molecule has 2 aromatic carbocycles. The number of hydrogen-bond donors (Lipinski definition) is 0. The van der Waals surface area contributed by atoms with Gasteiger partial charge in [0, 0.05) is 6.07 Å². The highest BCUT2D eigenvalue weighted by Crippen LogP contribution is 2.29. The molecule has 0 bridgehead atoms. The van der Waals surface area contributed by atoms with Crippen molar-refractivity contribution >= 4 is 15.9 Å². The summed E-state index contributed by atoms with van der Waals surface area (Å²) in [5.41, 5.74) is 0.750. The van der Waals surface area contributed by atoms with Gasteiger partial charge in [0.25, 0.3) is 0 Å². The molecule has 5 nitrogen and oxygen atoms in total. The summed E-state index contributed by atoms with van der Waals surface area (Å²) in [7, 11) is 0. The van der Waals surface area contributed by atoms with Gasteiger partial charge >= 0.3 is 6.01 Å². The summed E-state index contributed by atoms with van der Waals surface area (Å²) in [4.78, 5) is 0. The zero-order chi connectivity index (χ0) is 13.9. The Labute approximate surface area is 122 Å². The molecular formula is C13H8BrFN4O. The number of benzene rings is 2. The maximum absolute atomic E-state index is 13.2. The number of halogens is 2. The van der Waals surface area contributed by atoms with Crippen LogP contribution in [0.2, 0.25) is 0 Å². The van der Waals surface area contributed by atoms with Crippen molar-refractivity contribution in [3.8, 4) is 17.4 Å². The smallest absolute Gasteiger partial charge is 0.345 e. The Kier molecular flexibility index (Phi) is 3.42. The average molecular weight is 335 g/mol. The third-order valence-electron chi connectivity index (χ3n) is 2.54. The summed E-state index contributed by atoms with van der Waals surface area (Å²) >= 11 is 3.29. The lowest BCUT2D eigenvalue weighted by molar-refractivity contribution is 0.421. The summed E-state index contributed by atoms with van der Waals surface area (Å²) in [6.45, 7) is 0. The summed E-state index contributed by atoms with van der Waals surface area (Å²) in [5.74, 6) is -0.0982. The first-order valence-electron chi connectivity index (χ1n) is 5.71. The van der Waals surface area contributed by atoms with Crippen LogP contribution in [0, 0.1) is 5.82 Å². The molecule has 1 heterocycles. The minimum atomic E-state index is -0.401. The van der Waals surface area contributed by atoms with Crippen molar-refractivity contribution in [1.29, 1.82) is 0 Å². The number of aromatic nitrogens is 4. The fourth-order valence-electron chi connectivity index (χ4n) is 1.63. The van der Waals surface area contributed by atoms with Crippen LogP contribution < -0.4 is 4.74 Å². The molecule has 0 unspecified atom stereocenters. The highest BCUT2D eigenvalue weighted by Gasteiger charge is 2.12. The minimum absolute atomic E-state index is 0.155. The molecule has 7 heteroatoms. The molecule has 0 radical (unpaired) electrons. The van der Waals surface area contributed by atoms with Gasteiger partial charge in [-0.25, -0.2) is 4.39 Å². The Hall–Kier alpha value is -2.28. The van der Waals surface area contributed by atoms with Crippen LogP contribution in [0.3, 0.4) is 0 Å². The van der Waals surface area contributed by atoms with E-state index >= 15 is 0 Å². The van der Waals surface area contributed by atoms with Gasteiger partial charge < -0.3 is 4.74 Å². The predicted molar refractivity (Wildman–Crippen MR) is 73.3 cm³/mol. The minimum Gasteiger partial charge on any atom is -0.422 e. The molecule has 0 N–H and O–H groups in total.